The molecule has 2 heterocycles. The van der Waals surface area contributed by atoms with Gasteiger partial charge in [-0.05, 0) is 37.6 Å². The van der Waals surface area contributed by atoms with Crippen molar-refractivity contribution >= 4 is 0 Å². The first-order valence-corrected chi connectivity index (χ1v) is 4.89. The quantitative estimate of drug-likeness (QED) is 0.732. The maximum Gasteiger partial charge on any atom is 0.0629 e. The second kappa shape index (κ2) is 3.94. The highest BCUT2D eigenvalue weighted by Crippen LogP contribution is 2.23. The Morgan fingerprint density at radius 3 is 2.77 bits per heavy atom. The van der Waals surface area contributed by atoms with Gasteiger partial charge in [0.05, 0.1) is 12.6 Å². The molecular formula is C10H16N2O. The standard InChI is InChI=1S/C10H16N2O/c13-8-10(9-3-4-11-7-9)12-5-1-2-6-12/h3-4,7,10-11,13H,1-2,5-6,8H2. The first kappa shape index (κ1) is 8.78. The number of aromatic amines is 1. The molecule has 72 valence electrons. The lowest BCUT2D eigenvalue weighted by molar-refractivity contribution is 0.147. The maximum absolute atomic E-state index is 9.30. The van der Waals surface area contributed by atoms with Crippen LogP contribution in [0, 0.1) is 0 Å². The van der Waals surface area contributed by atoms with Crippen LogP contribution in [-0.2, 0) is 0 Å². The summed E-state index contributed by atoms with van der Waals surface area (Å²) in [7, 11) is 0. The van der Waals surface area contributed by atoms with Gasteiger partial charge >= 0.3 is 0 Å². The molecule has 1 aliphatic rings. The maximum atomic E-state index is 9.30. The predicted octanol–water partition coefficient (Wildman–Crippen LogP) is 1.14. The fourth-order valence-corrected chi connectivity index (χ4v) is 2.03. The minimum absolute atomic E-state index is 0.203. The number of hydrogen-bond acceptors (Lipinski definition) is 2. The van der Waals surface area contributed by atoms with Crippen molar-refractivity contribution < 1.29 is 5.11 Å². The van der Waals surface area contributed by atoms with Crippen LogP contribution < -0.4 is 0 Å². The van der Waals surface area contributed by atoms with E-state index in [1.807, 2.05) is 18.5 Å². The van der Waals surface area contributed by atoms with E-state index >= 15 is 0 Å². The van der Waals surface area contributed by atoms with E-state index in [-0.39, 0.29) is 12.6 Å². The SMILES string of the molecule is OCC(c1cc[nH]c1)N1CCCC1. The number of likely N-dealkylation sites (tertiary alicyclic amines) is 1. The van der Waals surface area contributed by atoms with Crippen LogP contribution in [0.3, 0.4) is 0 Å². The summed E-state index contributed by atoms with van der Waals surface area (Å²) in [5, 5.41) is 9.30. The third kappa shape index (κ3) is 1.76. The van der Waals surface area contributed by atoms with Gasteiger partial charge in [0.2, 0.25) is 0 Å². The molecule has 3 nitrogen and oxygen atoms in total. The summed E-state index contributed by atoms with van der Waals surface area (Å²) in [5.74, 6) is 0. The van der Waals surface area contributed by atoms with Crippen molar-refractivity contribution in [2.75, 3.05) is 19.7 Å². The van der Waals surface area contributed by atoms with Crippen molar-refractivity contribution in [1.29, 1.82) is 0 Å². The van der Waals surface area contributed by atoms with E-state index in [0.29, 0.717) is 0 Å². The highest BCUT2D eigenvalue weighted by molar-refractivity contribution is 5.14. The summed E-state index contributed by atoms with van der Waals surface area (Å²) in [6.07, 6.45) is 6.41. The Balaban J connectivity index is 2.08. The normalized spacial score (nSPS) is 20.7. The zero-order chi connectivity index (χ0) is 9.10. The Morgan fingerprint density at radius 2 is 2.23 bits per heavy atom. The molecule has 2 rings (SSSR count). The fourth-order valence-electron chi connectivity index (χ4n) is 2.03. The zero-order valence-electron chi connectivity index (χ0n) is 7.74. The summed E-state index contributed by atoms with van der Waals surface area (Å²) in [4.78, 5) is 5.38. The van der Waals surface area contributed by atoms with Gasteiger partial charge in [0.25, 0.3) is 0 Å². The zero-order valence-corrected chi connectivity index (χ0v) is 7.74. The van der Waals surface area contributed by atoms with Crippen molar-refractivity contribution in [3.63, 3.8) is 0 Å². The Morgan fingerprint density at radius 1 is 1.46 bits per heavy atom. The molecule has 1 aromatic heterocycles. The van der Waals surface area contributed by atoms with E-state index < -0.39 is 0 Å². The van der Waals surface area contributed by atoms with Crippen LogP contribution >= 0.6 is 0 Å². The minimum Gasteiger partial charge on any atom is -0.394 e. The minimum atomic E-state index is 0.203. The second-order valence-electron chi connectivity index (χ2n) is 3.59. The van der Waals surface area contributed by atoms with Gasteiger partial charge in [-0.3, -0.25) is 4.90 Å². The first-order valence-electron chi connectivity index (χ1n) is 4.89. The second-order valence-corrected chi connectivity index (χ2v) is 3.59. The molecule has 0 spiro atoms. The molecule has 13 heavy (non-hydrogen) atoms. The van der Waals surface area contributed by atoms with Crippen LogP contribution in [0.4, 0.5) is 0 Å². The van der Waals surface area contributed by atoms with E-state index in [2.05, 4.69) is 9.88 Å². The van der Waals surface area contributed by atoms with E-state index in [1.54, 1.807) is 0 Å². The molecule has 1 aromatic rings. The number of aliphatic hydroxyl groups excluding tert-OH is 1. The summed E-state index contributed by atoms with van der Waals surface area (Å²) < 4.78 is 0. The average molecular weight is 180 g/mol. The number of aromatic nitrogens is 1. The largest absolute Gasteiger partial charge is 0.394 e. The molecule has 0 radical (unpaired) electrons. The number of nitrogens with zero attached hydrogens (tertiary/aromatic N) is 1. The molecule has 1 unspecified atom stereocenters. The molecule has 1 aliphatic heterocycles. The Hall–Kier alpha value is -0.800. The highest BCUT2D eigenvalue weighted by Gasteiger charge is 2.22. The molecule has 0 aliphatic carbocycles. The number of aliphatic hydroxyl groups is 1. The van der Waals surface area contributed by atoms with Crippen molar-refractivity contribution in [1.82, 2.24) is 9.88 Å². The van der Waals surface area contributed by atoms with Crippen molar-refractivity contribution in [2.24, 2.45) is 0 Å². The molecule has 0 aromatic carbocycles. The van der Waals surface area contributed by atoms with Gasteiger partial charge < -0.3 is 10.1 Å². The summed E-state index contributed by atoms with van der Waals surface area (Å²) in [6.45, 7) is 2.46. The lowest BCUT2D eigenvalue weighted by Gasteiger charge is -2.24. The molecule has 1 saturated heterocycles. The Kier molecular flexibility index (Phi) is 2.66. The lowest BCUT2D eigenvalue weighted by atomic mass is 10.1. The summed E-state index contributed by atoms with van der Waals surface area (Å²) in [6, 6.07) is 2.24. The van der Waals surface area contributed by atoms with E-state index in [9.17, 15) is 5.11 Å². The molecule has 3 heteroatoms. The van der Waals surface area contributed by atoms with Gasteiger partial charge in [-0.1, -0.05) is 0 Å². The smallest absolute Gasteiger partial charge is 0.0629 e. The third-order valence-corrected chi connectivity index (χ3v) is 2.76. The van der Waals surface area contributed by atoms with Gasteiger partial charge in [0.1, 0.15) is 0 Å². The van der Waals surface area contributed by atoms with Crippen LogP contribution in [0.5, 0.6) is 0 Å². The Bertz CT molecular complexity index is 239. The van der Waals surface area contributed by atoms with Gasteiger partial charge in [-0.15, -0.1) is 0 Å². The van der Waals surface area contributed by atoms with Crippen LogP contribution in [0.25, 0.3) is 0 Å². The number of rotatable bonds is 3. The highest BCUT2D eigenvalue weighted by atomic mass is 16.3. The van der Waals surface area contributed by atoms with Crippen molar-refractivity contribution in [2.45, 2.75) is 18.9 Å². The average Bonchev–Trinajstić information content (AvgIpc) is 2.76. The van der Waals surface area contributed by atoms with E-state index in [1.165, 1.54) is 18.4 Å². The fraction of sp³-hybridized carbons (Fsp3) is 0.600. The van der Waals surface area contributed by atoms with Gasteiger partial charge in [-0.25, -0.2) is 0 Å². The van der Waals surface area contributed by atoms with Crippen LogP contribution in [0.2, 0.25) is 0 Å². The van der Waals surface area contributed by atoms with E-state index in [0.717, 1.165) is 13.1 Å². The molecule has 0 saturated carbocycles. The number of hydrogen-bond donors (Lipinski definition) is 2. The number of H-pyrrole nitrogens is 1. The topological polar surface area (TPSA) is 39.3 Å². The van der Waals surface area contributed by atoms with Gasteiger partial charge in [-0.2, -0.15) is 0 Å². The Labute approximate surface area is 78.4 Å². The number of nitrogens with one attached hydrogen (secondary N) is 1. The molecular weight excluding hydrogens is 164 g/mol. The van der Waals surface area contributed by atoms with Crippen molar-refractivity contribution in [3.8, 4) is 0 Å². The molecule has 0 bridgehead atoms. The molecule has 0 amide bonds. The van der Waals surface area contributed by atoms with Gasteiger partial charge in [0.15, 0.2) is 0 Å². The summed E-state index contributed by atoms with van der Waals surface area (Å²) in [5.41, 5.74) is 1.20. The van der Waals surface area contributed by atoms with Crippen LogP contribution in [-0.4, -0.2) is 34.7 Å². The lowest BCUT2D eigenvalue weighted by Crippen LogP contribution is -2.27. The first-order chi connectivity index (χ1) is 6.42. The third-order valence-electron chi connectivity index (χ3n) is 2.76. The van der Waals surface area contributed by atoms with Crippen molar-refractivity contribution in [3.05, 3.63) is 24.0 Å². The van der Waals surface area contributed by atoms with Crippen LogP contribution in [0.1, 0.15) is 24.4 Å². The molecule has 2 N–H and O–H groups in total. The summed E-state index contributed by atoms with van der Waals surface area (Å²) >= 11 is 0. The van der Waals surface area contributed by atoms with Crippen LogP contribution in [0.15, 0.2) is 18.5 Å². The van der Waals surface area contributed by atoms with E-state index in [4.69, 9.17) is 0 Å². The van der Waals surface area contributed by atoms with Gasteiger partial charge in [0, 0.05) is 12.4 Å². The predicted molar refractivity (Wildman–Crippen MR) is 51.4 cm³/mol. The molecule has 1 atom stereocenters. The molecule has 1 fully saturated rings. The monoisotopic (exact) mass is 180 g/mol.